The number of hydrogen-bond acceptors (Lipinski definition) is 7. The molecule has 1 aromatic carbocycles. The molecule has 3 rings (SSSR count). The van der Waals surface area contributed by atoms with E-state index in [-0.39, 0.29) is 5.69 Å². The van der Waals surface area contributed by atoms with Gasteiger partial charge in [-0.1, -0.05) is 0 Å². The van der Waals surface area contributed by atoms with Crippen LogP contribution in [0.5, 0.6) is 5.75 Å². The summed E-state index contributed by atoms with van der Waals surface area (Å²) in [6, 6.07) is 6.83. The van der Waals surface area contributed by atoms with E-state index in [1.165, 1.54) is 11.3 Å². The Bertz CT molecular complexity index is 917. The van der Waals surface area contributed by atoms with Gasteiger partial charge in [-0.25, -0.2) is 9.78 Å². The Morgan fingerprint density at radius 1 is 1.27 bits per heavy atom. The minimum atomic E-state index is -0.652. The van der Waals surface area contributed by atoms with Crippen molar-refractivity contribution in [1.82, 2.24) is 14.8 Å². The van der Waals surface area contributed by atoms with Gasteiger partial charge in [-0.2, -0.15) is 5.10 Å². The number of aromatic nitrogens is 3. The van der Waals surface area contributed by atoms with E-state index in [1.807, 2.05) is 0 Å². The zero-order chi connectivity index (χ0) is 18.5. The average Bonchev–Trinajstić information content (AvgIpc) is 3.29. The lowest BCUT2D eigenvalue weighted by Crippen LogP contribution is -2.21. The highest BCUT2D eigenvalue weighted by Gasteiger charge is 2.15. The quantitative estimate of drug-likeness (QED) is 0.668. The normalized spacial score (nSPS) is 10.4. The highest BCUT2D eigenvalue weighted by Crippen LogP contribution is 2.23. The summed E-state index contributed by atoms with van der Waals surface area (Å²) in [6.07, 6.45) is 3.46. The van der Waals surface area contributed by atoms with Crippen molar-refractivity contribution >= 4 is 28.9 Å². The zero-order valence-electron chi connectivity index (χ0n) is 14.1. The molecule has 1 N–H and O–H groups in total. The Hall–Kier alpha value is -3.20. The highest BCUT2D eigenvalue weighted by molar-refractivity contribution is 7.13. The smallest absolute Gasteiger partial charge is 0.358 e. The molecular formula is C17H16N4O4S. The van der Waals surface area contributed by atoms with Gasteiger partial charge in [0.15, 0.2) is 12.3 Å². The molecule has 0 aliphatic carbocycles. The van der Waals surface area contributed by atoms with Gasteiger partial charge < -0.3 is 14.8 Å². The van der Waals surface area contributed by atoms with E-state index in [0.717, 1.165) is 5.56 Å². The SMILES string of the molecule is COc1ccc(NC(=O)COC(=O)c2csc(-c3cnn(C)c3)n2)cc1. The van der Waals surface area contributed by atoms with E-state index in [4.69, 9.17) is 9.47 Å². The molecule has 0 saturated carbocycles. The molecule has 2 aromatic heterocycles. The Morgan fingerprint density at radius 3 is 2.69 bits per heavy atom. The Balaban J connectivity index is 1.53. The molecule has 0 fully saturated rings. The molecule has 9 heteroatoms. The van der Waals surface area contributed by atoms with Crippen molar-refractivity contribution in [2.75, 3.05) is 19.0 Å². The number of rotatable bonds is 6. The number of amides is 1. The largest absolute Gasteiger partial charge is 0.497 e. The fraction of sp³-hybridized carbons (Fsp3) is 0.176. The second kappa shape index (κ2) is 7.79. The van der Waals surface area contributed by atoms with E-state index in [9.17, 15) is 9.59 Å². The third kappa shape index (κ3) is 4.25. The summed E-state index contributed by atoms with van der Waals surface area (Å²) in [5, 5.41) is 8.95. The van der Waals surface area contributed by atoms with Crippen LogP contribution >= 0.6 is 11.3 Å². The first-order chi connectivity index (χ1) is 12.5. The maximum Gasteiger partial charge on any atom is 0.358 e. The van der Waals surface area contributed by atoms with E-state index in [1.54, 1.807) is 60.9 Å². The van der Waals surface area contributed by atoms with Crippen LogP contribution in [0.3, 0.4) is 0 Å². The molecule has 0 aliphatic heterocycles. The molecule has 0 atom stereocenters. The van der Waals surface area contributed by atoms with Crippen LogP contribution in [0, 0.1) is 0 Å². The van der Waals surface area contributed by atoms with Crippen LogP contribution in [0.4, 0.5) is 5.69 Å². The van der Waals surface area contributed by atoms with Crippen molar-refractivity contribution < 1.29 is 19.1 Å². The number of methoxy groups -OCH3 is 1. The molecule has 0 bridgehead atoms. The molecule has 134 valence electrons. The van der Waals surface area contributed by atoms with Crippen molar-refractivity contribution in [2.45, 2.75) is 0 Å². The molecule has 3 aromatic rings. The number of hydrogen-bond donors (Lipinski definition) is 1. The first-order valence-corrected chi connectivity index (χ1v) is 8.48. The maximum absolute atomic E-state index is 12.0. The predicted octanol–water partition coefficient (Wildman–Crippen LogP) is 2.35. The lowest BCUT2D eigenvalue weighted by Gasteiger charge is -2.06. The predicted molar refractivity (Wildman–Crippen MR) is 96.2 cm³/mol. The van der Waals surface area contributed by atoms with E-state index in [0.29, 0.717) is 16.4 Å². The Kier molecular flexibility index (Phi) is 5.28. The summed E-state index contributed by atoms with van der Waals surface area (Å²) in [4.78, 5) is 28.1. The van der Waals surface area contributed by atoms with E-state index in [2.05, 4.69) is 15.4 Å². The van der Waals surface area contributed by atoms with Gasteiger partial charge in [0, 0.05) is 29.9 Å². The van der Waals surface area contributed by atoms with Crippen LogP contribution in [-0.4, -0.2) is 40.4 Å². The molecule has 1 amide bonds. The Labute approximate surface area is 153 Å². The molecule has 0 unspecified atom stereocenters. The van der Waals surface area contributed by atoms with E-state index < -0.39 is 18.5 Å². The van der Waals surface area contributed by atoms with Gasteiger partial charge in [0.05, 0.1) is 13.3 Å². The number of carbonyl (C=O) groups is 2. The minimum Gasteiger partial charge on any atom is -0.497 e. The van der Waals surface area contributed by atoms with Gasteiger partial charge in [0.25, 0.3) is 5.91 Å². The fourth-order valence-corrected chi connectivity index (χ4v) is 2.87. The monoisotopic (exact) mass is 372 g/mol. The van der Waals surface area contributed by atoms with Gasteiger partial charge in [0.2, 0.25) is 0 Å². The van der Waals surface area contributed by atoms with Crippen LogP contribution in [0.15, 0.2) is 42.0 Å². The minimum absolute atomic E-state index is 0.158. The van der Waals surface area contributed by atoms with Crippen LogP contribution in [0.1, 0.15) is 10.5 Å². The third-order valence-corrected chi connectivity index (χ3v) is 4.26. The van der Waals surface area contributed by atoms with Gasteiger partial charge in [-0.15, -0.1) is 11.3 Å². The number of benzene rings is 1. The van der Waals surface area contributed by atoms with Crippen LogP contribution < -0.4 is 10.1 Å². The van der Waals surface area contributed by atoms with Crippen molar-refractivity contribution in [2.24, 2.45) is 7.05 Å². The molecular weight excluding hydrogens is 356 g/mol. The number of carbonyl (C=O) groups excluding carboxylic acids is 2. The first-order valence-electron chi connectivity index (χ1n) is 7.61. The fourth-order valence-electron chi connectivity index (χ4n) is 2.11. The first kappa shape index (κ1) is 17.6. The van der Waals surface area contributed by atoms with Crippen molar-refractivity contribution in [3.63, 3.8) is 0 Å². The van der Waals surface area contributed by atoms with Gasteiger partial charge in [-0.05, 0) is 24.3 Å². The van der Waals surface area contributed by atoms with Crippen molar-refractivity contribution in [1.29, 1.82) is 0 Å². The standard InChI is InChI=1S/C17H16N4O4S/c1-21-8-11(7-18-21)16-20-14(10-26-16)17(23)25-9-15(22)19-12-3-5-13(24-2)6-4-12/h3-8,10H,9H2,1-2H3,(H,19,22). The molecule has 0 spiro atoms. The van der Waals surface area contributed by atoms with Crippen LogP contribution in [0.2, 0.25) is 0 Å². The Morgan fingerprint density at radius 2 is 2.04 bits per heavy atom. The number of nitrogens with one attached hydrogen (secondary N) is 1. The molecule has 0 radical (unpaired) electrons. The van der Waals surface area contributed by atoms with Crippen molar-refractivity contribution in [3.05, 3.63) is 47.7 Å². The van der Waals surface area contributed by atoms with Gasteiger partial charge in [0.1, 0.15) is 10.8 Å². The number of aryl methyl sites for hydroxylation is 1. The maximum atomic E-state index is 12.0. The van der Waals surface area contributed by atoms with Crippen LogP contribution in [-0.2, 0) is 16.6 Å². The summed E-state index contributed by atoms with van der Waals surface area (Å²) < 4.78 is 11.7. The summed E-state index contributed by atoms with van der Waals surface area (Å²) in [5.41, 5.74) is 1.55. The van der Waals surface area contributed by atoms with E-state index >= 15 is 0 Å². The number of thiazole rings is 1. The molecule has 2 heterocycles. The zero-order valence-corrected chi connectivity index (χ0v) is 14.9. The number of esters is 1. The second-order valence-corrected chi connectivity index (χ2v) is 6.15. The molecule has 26 heavy (non-hydrogen) atoms. The number of nitrogens with zero attached hydrogens (tertiary/aromatic N) is 3. The van der Waals surface area contributed by atoms with Gasteiger partial charge in [-0.3, -0.25) is 9.48 Å². The molecule has 0 saturated heterocycles. The van der Waals surface area contributed by atoms with Crippen LogP contribution in [0.25, 0.3) is 10.6 Å². The summed E-state index contributed by atoms with van der Waals surface area (Å²) in [5.74, 6) is -0.408. The molecule has 0 aliphatic rings. The lowest BCUT2D eigenvalue weighted by molar-refractivity contribution is -0.119. The summed E-state index contributed by atoms with van der Waals surface area (Å²) >= 11 is 1.31. The molecule has 8 nitrogen and oxygen atoms in total. The lowest BCUT2D eigenvalue weighted by atomic mass is 10.3. The average molecular weight is 372 g/mol. The topological polar surface area (TPSA) is 95.3 Å². The third-order valence-electron chi connectivity index (χ3n) is 3.37. The summed E-state index contributed by atoms with van der Waals surface area (Å²) in [6.45, 7) is -0.398. The summed E-state index contributed by atoms with van der Waals surface area (Å²) in [7, 11) is 3.36. The second-order valence-electron chi connectivity index (χ2n) is 5.29. The highest BCUT2D eigenvalue weighted by atomic mass is 32.1. The number of ether oxygens (including phenoxy) is 2. The van der Waals surface area contributed by atoms with Gasteiger partial charge >= 0.3 is 5.97 Å². The number of anilines is 1. The van der Waals surface area contributed by atoms with Crippen molar-refractivity contribution in [3.8, 4) is 16.3 Å².